The van der Waals surface area contributed by atoms with Crippen LogP contribution in [-0.2, 0) is 14.8 Å². The van der Waals surface area contributed by atoms with Crippen molar-refractivity contribution in [2.75, 3.05) is 46.8 Å². The van der Waals surface area contributed by atoms with Crippen molar-refractivity contribution < 1.29 is 13.2 Å². The van der Waals surface area contributed by atoms with Gasteiger partial charge in [-0.3, -0.25) is 4.79 Å². The van der Waals surface area contributed by atoms with Crippen LogP contribution >= 0.6 is 0 Å². The van der Waals surface area contributed by atoms with Gasteiger partial charge < -0.3 is 15.1 Å². The van der Waals surface area contributed by atoms with E-state index in [9.17, 15) is 13.2 Å². The number of nitrogens with zero attached hydrogens (tertiary/aromatic N) is 3. The number of amides is 1. The molecule has 9 heteroatoms. The predicted octanol–water partition coefficient (Wildman–Crippen LogP) is -0.310. The summed E-state index contributed by atoms with van der Waals surface area (Å²) in [5.41, 5.74) is 0. The average Bonchev–Trinajstić information content (AvgIpc) is 2.97. The predicted molar refractivity (Wildman–Crippen MR) is 96.4 cm³/mol. The van der Waals surface area contributed by atoms with Crippen LogP contribution in [0.1, 0.15) is 27.2 Å². The summed E-state index contributed by atoms with van der Waals surface area (Å²) in [5.74, 6) is 0.937. The standard InChI is InChI=1S/C15H31N5O3S/c1-6-18-24(22,23)13-7-8-20(11-13)15(16-9-12(2)3)17-10-14(21)19(4)5/h12-13,18H,6-11H2,1-5H3,(H,16,17). The van der Waals surface area contributed by atoms with Crippen LogP contribution in [0.5, 0.6) is 0 Å². The first-order chi connectivity index (χ1) is 11.2. The van der Waals surface area contributed by atoms with Crippen molar-refractivity contribution in [3.05, 3.63) is 0 Å². The molecule has 0 bridgehead atoms. The van der Waals surface area contributed by atoms with Gasteiger partial charge in [0.2, 0.25) is 15.9 Å². The number of guanidine groups is 1. The Bertz CT molecular complexity index is 545. The number of carbonyl (C=O) groups is 1. The molecule has 0 aliphatic carbocycles. The summed E-state index contributed by atoms with van der Waals surface area (Å²) in [5, 5.41) is 2.80. The number of likely N-dealkylation sites (N-methyl/N-ethyl adjacent to an activating group) is 1. The van der Waals surface area contributed by atoms with Crippen molar-refractivity contribution >= 4 is 21.9 Å². The van der Waals surface area contributed by atoms with Gasteiger partial charge in [0.25, 0.3) is 0 Å². The second kappa shape index (κ2) is 9.22. The largest absolute Gasteiger partial charge is 0.356 e. The van der Waals surface area contributed by atoms with Crippen LogP contribution in [0.3, 0.4) is 0 Å². The normalized spacial score (nSPS) is 19.0. The van der Waals surface area contributed by atoms with Crippen LogP contribution in [0.25, 0.3) is 0 Å². The molecular formula is C15H31N5O3S. The quantitative estimate of drug-likeness (QED) is 0.479. The first-order valence-electron chi connectivity index (χ1n) is 8.39. The third-order valence-electron chi connectivity index (χ3n) is 3.76. The third-order valence-corrected chi connectivity index (χ3v) is 5.71. The highest BCUT2D eigenvalue weighted by Crippen LogP contribution is 2.16. The first-order valence-corrected chi connectivity index (χ1v) is 9.93. The van der Waals surface area contributed by atoms with Gasteiger partial charge in [-0.15, -0.1) is 0 Å². The minimum absolute atomic E-state index is 0.0502. The number of likely N-dealkylation sites (tertiary alicyclic amines) is 1. The van der Waals surface area contributed by atoms with E-state index in [1.54, 1.807) is 21.0 Å². The van der Waals surface area contributed by atoms with Crippen LogP contribution in [-0.4, -0.2) is 82.2 Å². The monoisotopic (exact) mass is 361 g/mol. The molecule has 1 aliphatic rings. The van der Waals surface area contributed by atoms with Crippen LogP contribution in [0, 0.1) is 5.92 Å². The minimum Gasteiger partial charge on any atom is -0.356 e. The second-order valence-electron chi connectivity index (χ2n) is 6.60. The Balaban J connectivity index is 2.80. The second-order valence-corrected chi connectivity index (χ2v) is 8.65. The number of aliphatic imine (C=N–C) groups is 1. The Morgan fingerprint density at radius 2 is 2.04 bits per heavy atom. The first kappa shape index (κ1) is 20.7. The summed E-state index contributed by atoms with van der Waals surface area (Å²) in [7, 11) is 0.0748. The van der Waals surface area contributed by atoms with E-state index < -0.39 is 15.3 Å². The zero-order chi connectivity index (χ0) is 18.3. The Labute approximate surface area is 145 Å². The van der Waals surface area contributed by atoms with Gasteiger partial charge in [-0.05, 0) is 12.3 Å². The molecule has 8 nitrogen and oxygen atoms in total. The number of sulfonamides is 1. The lowest BCUT2D eigenvalue weighted by Crippen LogP contribution is -2.44. The number of carbonyl (C=O) groups excluding carboxylic acids is 1. The Kier molecular flexibility index (Phi) is 7.95. The number of rotatable bonds is 7. The summed E-state index contributed by atoms with van der Waals surface area (Å²) in [4.78, 5) is 19.6. The number of hydrogen-bond donors (Lipinski definition) is 2. The van der Waals surface area contributed by atoms with E-state index in [1.165, 1.54) is 4.90 Å². The molecule has 1 aliphatic heterocycles. The summed E-state index contributed by atoms with van der Waals surface area (Å²) in [6.07, 6.45) is 0.555. The molecule has 0 saturated carbocycles. The van der Waals surface area contributed by atoms with E-state index in [-0.39, 0.29) is 12.5 Å². The molecule has 0 aromatic heterocycles. The molecule has 0 radical (unpaired) electrons. The summed E-state index contributed by atoms with van der Waals surface area (Å²) in [6.45, 7) is 8.09. The lowest BCUT2D eigenvalue weighted by atomic mass is 10.2. The van der Waals surface area contributed by atoms with Gasteiger partial charge >= 0.3 is 0 Å². The fourth-order valence-corrected chi connectivity index (χ4v) is 3.77. The number of hydrogen-bond acceptors (Lipinski definition) is 4. The maximum absolute atomic E-state index is 12.2. The van der Waals surface area contributed by atoms with Gasteiger partial charge in [0.1, 0.15) is 6.54 Å². The molecule has 2 N–H and O–H groups in total. The highest BCUT2D eigenvalue weighted by Gasteiger charge is 2.34. The maximum Gasteiger partial charge on any atom is 0.243 e. The van der Waals surface area contributed by atoms with Gasteiger partial charge in [-0.1, -0.05) is 20.8 Å². The molecule has 24 heavy (non-hydrogen) atoms. The van der Waals surface area contributed by atoms with Crippen molar-refractivity contribution in [1.29, 1.82) is 0 Å². The molecule has 0 spiro atoms. The molecule has 0 aromatic carbocycles. The van der Waals surface area contributed by atoms with E-state index >= 15 is 0 Å². The average molecular weight is 362 g/mol. The SMILES string of the molecule is CCNS(=O)(=O)C1CCN(C(=NCC(=O)N(C)C)NCC(C)C)C1. The van der Waals surface area contributed by atoms with E-state index in [1.807, 2.05) is 4.90 Å². The zero-order valence-corrected chi connectivity index (χ0v) is 16.2. The van der Waals surface area contributed by atoms with Gasteiger partial charge in [0, 0.05) is 40.3 Å². The van der Waals surface area contributed by atoms with E-state index in [4.69, 9.17) is 0 Å². The van der Waals surface area contributed by atoms with Gasteiger partial charge in [0.15, 0.2) is 5.96 Å². The molecule has 1 saturated heterocycles. The Morgan fingerprint density at radius 1 is 1.38 bits per heavy atom. The fraction of sp³-hybridized carbons (Fsp3) is 0.867. The van der Waals surface area contributed by atoms with Crippen molar-refractivity contribution in [3.63, 3.8) is 0 Å². The Hall–Kier alpha value is -1.35. The van der Waals surface area contributed by atoms with E-state index in [0.29, 0.717) is 37.9 Å². The fourth-order valence-electron chi connectivity index (χ4n) is 2.34. The molecular weight excluding hydrogens is 330 g/mol. The molecule has 0 aromatic rings. The summed E-state index contributed by atoms with van der Waals surface area (Å²) < 4.78 is 26.9. The van der Waals surface area contributed by atoms with Crippen LogP contribution < -0.4 is 10.0 Å². The van der Waals surface area contributed by atoms with Crippen LogP contribution in [0.4, 0.5) is 0 Å². The molecule has 1 heterocycles. The molecule has 1 rings (SSSR count). The number of nitrogens with one attached hydrogen (secondary N) is 2. The maximum atomic E-state index is 12.2. The zero-order valence-electron chi connectivity index (χ0n) is 15.4. The lowest BCUT2D eigenvalue weighted by Gasteiger charge is -2.23. The highest BCUT2D eigenvalue weighted by atomic mass is 32.2. The summed E-state index contributed by atoms with van der Waals surface area (Å²) in [6, 6.07) is 0. The molecule has 1 amide bonds. The topological polar surface area (TPSA) is 94.1 Å². The van der Waals surface area contributed by atoms with Crippen molar-refractivity contribution in [2.24, 2.45) is 10.9 Å². The highest BCUT2D eigenvalue weighted by molar-refractivity contribution is 7.90. The Morgan fingerprint density at radius 3 is 2.58 bits per heavy atom. The van der Waals surface area contributed by atoms with Crippen LogP contribution in [0.2, 0.25) is 0 Å². The third kappa shape index (κ3) is 6.27. The smallest absolute Gasteiger partial charge is 0.243 e. The minimum atomic E-state index is -3.30. The van der Waals surface area contributed by atoms with Crippen molar-refractivity contribution in [1.82, 2.24) is 19.8 Å². The van der Waals surface area contributed by atoms with Crippen LogP contribution in [0.15, 0.2) is 4.99 Å². The van der Waals surface area contributed by atoms with E-state index in [0.717, 1.165) is 6.54 Å². The lowest BCUT2D eigenvalue weighted by molar-refractivity contribution is -0.127. The molecule has 1 atom stereocenters. The molecule has 1 unspecified atom stereocenters. The van der Waals surface area contributed by atoms with Gasteiger partial charge in [0.05, 0.1) is 5.25 Å². The van der Waals surface area contributed by atoms with E-state index in [2.05, 4.69) is 28.9 Å². The van der Waals surface area contributed by atoms with Crippen molar-refractivity contribution in [2.45, 2.75) is 32.4 Å². The molecule has 1 fully saturated rings. The van der Waals surface area contributed by atoms with Crippen molar-refractivity contribution in [3.8, 4) is 0 Å². The van der Waals surface area contributed by atoms with Gasteiger partial charge in [-0.25, -0.2) is 18.1 Å². The molecule has 140 valence electrons. The van der Waals surface area contributed by atoms with Gasteiger partial charge in [-0.2, -0.15) is 0 Å². The summed E-state index contributed by atoms with van der Waals surface area (Å²) >= 11 is 0.